The summed E-state index contributed by atoms with van der Waals surface area (Å²) in [5.41, 5.74) is 4.81. The van der Waals surface area contributed by atoms with Crippen molar-refractivity contribution in [3.63, 3.8) is 0 Å². The van der Waals surface area contributed by atoms with Gasteiger partial charge in [-0.15, -0.1) is 0 Å². The SMILES string of the molecule is CC(C)C(CC(=O)OCC(C)(C)C)C(=O)NC(C(=O)CC1CCCNNC(=O)C1=O)C(C)C. The van der Waals surface area contributed by atoms with Crippen LogP contribution in [0.5, 0.6) is 0 Å². The molecule has 0 spiro atoms. The third-order valence-electron chi connectivity index (χ3n) is 5.60. The highest BCUT2D eigenvalue weighted by atomic mass is 16.5. The number of hydrogen-bond donors (Lipinski definition) is 3. The molecular weight excluding hydrogens is 426 g/mol. The largest absolute Gasteiger partial charge is 0.465 e. The molecule has 0 aliphatic carbocycles. The molecule has 33 heavy (non-hydrogen) atoms. The van der Waals surface area contributed by atoms with E-state index in [0.717, 1.165) is 0 Å². The molecule has 0 aromatic carbocycles. The Morgan fingerprint density at radius 2 is 1.73 bits per heavy atom. The Morgan fingerprint density at radius 1 is 1.09 bits per heavy atom. The fourth-order valence-electron chi connectivity index (χ4n) is 3.57. The van der Waals surface area contributed by atoms with E-state index in [2.05, 4.69) is 16.2 Å². The summed E-state index contributed by atoms with van der Waals surface area (Å²) in [5, 5.41) is 2.80. The maximum absolute atomic E-state index is 13.1. The summed E-state index contributed by atoms with van der Waals surface area (Å²) >= 11 is 0. The van der Waals surface area contributed by atoms with Gasteiger partial charge in [0, 0.05) is 18.9 Å². The number of esters is 1. The zero-order valence-corrected chi connectivity index (χ0v) is 21.1. The number of amides is 2. The van der Waals surface area contributed by atoms with Crippen LogP contribution in [-0.2, 0) is 28.7 Å². The molecule has 1 heterocycles. The number of Topliss-reactive ketones (excluding diaryl/α,β-unsaturated/α-hetero) is 2. The average Bonchev–Trinajstić information content (AvgIpc) is 2.70. The topological polar surface area (TPSA) is 131 Å². The highest BCUT2D eigenvalue weighted by Crippen LogP contribution is 2.21. The van der Waals surface area contributed by atoms with Gasteiger partial charge >= 0.3 is 11.9 Å². The number of ketones is 2. The Hall–Kier alpha value is -2.29. The van der Waals surface area contributed by atoms with Crippen LogP contribution in [-0.4, -0.2) is 48.5 Å². The van der Waals surface area contributed by atoms with Crippen LogP contribution in [0.2, 0.25) is 0 Å². The van der Waals surface area contributed by atoms with Crippen LogP contribution >= 0.6 is 0 Å². The van der Waals surface area contributed by atoms with Crippen molar-refractivity contribution in [1.29, 1.82) is 0 Å². The first-order chi connectivity index (χ1) is 15.2. The second-order valence-electron chi connectivity index (χ2n) is 10.8. The summed E-state index contributed by atoms with van der Waals surface area (Å²) in [4.78, 5) is 62.6. The fraction of sp³-hybridized carbons (Fsp3) is 0.792. The first kappa shape index (κ1) is 28.7. The van der Waals surface area contributed by atoms with Crippen LogP contribution < -0.4 is 16.2 Å². The molecule has 2 amide bonds. The second-order valence-corrected chi connectivity index (χ2v) is 10.8. The molecule has 0 aromatic heterocycles. The van der Waals surface area contributed by atoms with Crippen LogP contribution in [0.3, 0.4) is 0 Å². The maximum Gasteiger partial charge on any atom is 0.306 e. The van der Waals surface area contributed by atoms with Gasteiger partial charge < -0.3 is 10.1 Å². The van der Waals surface area contributed by atoms with E-state index in [1.807, 2.05) is 34.6 Å². The van der Waals surface area contributed by atoms with Crippen molar-refractivity contribution in [2.75, 3.05) is 13.2 Å². The van der Waals surface area contributed by atoms with Gasteiger partial charge in [0.2, 0.25) is 11.7 Å². The monoisotopic (exact) mass is 467 g/mol. The average molecular weight is 468 g/mol. The van der Waals surface area contributed by atoms with Gasteiger partial charge in [-0.05, 0) is 30.1 Å². The molecule has 3 atom stereocenters. The summed E-state index contributed by atoms with van der Waals surface area (Å²) < 4.78 is 5.32. The summed E-state index contributed by atoms with van der Waals surface area (Å²) in [7, 11) is 0. The Bertz CT molecular complexity index is 726. The van der Waals surface area contributed by atoms with Crippen LogP contribution in [0.1, 0.15) is 74.1 Å². The maximum atomic E-state index is 13.1. The molecule has 1 rings (SSSR count). The van der Waals surface area contributed by atoms with Crippen LogP contribution in [0.4, 0.5) is 0 Å². The Balaban J connectivity index is 2.85. The van der Waals surface area contributed by atoms with Gasteiger partial charge in [0.1, 0.15) is 0 Å². The Morgan fingerprint density at radius 3 is 2.27 bits per heavy atom. The molecule has 3 unspecified atom stereocenters. The van der Waals surface area contributed by atoms with Crippen molar-refractivity contribution in [1.82, 2.24) is 16.2 Å². The summed E-state index contributed by atoms with van der Waals surface area (Å²) in [6.45, 7) is 13.9. The van der Waals surface area contributed by atoms with E-state index >= 15 is 0 Å². The lowest BCUT2D eigenvalue weighted by Crippen LogP contribution is -2.50. The molecule has 1 aliphatic heterocycles. The van der Waals surface area contributed by atoms with E-state index in [1.54, 1.807) is 13.8 Å². The third kappa shape index (κ3) is 10.0. The molecule has 1 fully saturated rings. The zero-order chi connectivity index (χ0) is 25.3. The van der Waals surface area contributed by atoms with E-state index in [4.69, 9.17) is 4.74 Å². The number of carbonyl (C=O) groups is 5. The number of hydrazine groups is 1. The molecule has 3 N–H and O–H groups in total. The van der Waals surface area contributed by atoms with Crippen molar-refractivity contribution in [2.24, 2.45) is 29.1 Å². The molecule has 188 valence electrons. The number of hydrogen-bond acceptors (Lipinski definition) is 7. The molecule has 9 heteroatoms. The van der Waals surface area contributed by atoms with E-state index in [1.165, 1.54) is 0 Å². The van der Waals surface area contributed by atoms with Crippen molar-refractivity contribution in [3.05, 3.63) is 0 Å². The van der Waals surface area contributed by atoms with E-state index in [0.29, 0.717) is 19.4 Å². The summed E-state index contributed by atoms with van der Waals surface area (Å²) in [6.07, 6.45) is 0.856. The lowest BCUT2D eigenvalue weighted by molar-refractivity contribution is -0.150. The van der Waals surface area contributed by atoms with Gasteiger partial charge in [-0.1, -0.05) is 48.5 Å². The smallest absolute Gasteiger partial charge is 0.306 e. The lowest BCUT2D eigenvalue weighted by Gasteiger charge is -2.27. The Kier molecular flexibility index (Phi) is 11.2. The minimum atomic E-state index is -0.816. The van der Waals surface area contributed by atoms with Crippen molar-refractivity contribution >= 4 is 29.4 Å². The first-order valence-corrected chi connectivity index (χ1v) is 11.8. The molecule has 0 radical (unpaired) electrons. The highest BCUT2D eigenvalue weighted by Gasteiger charge is 2.35. The van der Waals surface area contributed by atoms with Gasteiger partial charge in [-0.2, -0.15) is 0 Å². The lowest BCUT2D eigenvalue weighted by atomic mass is 9.86. The quantitative estimate of drug-likeness (QED) is 0.330. The van der Waals surface area contributed by atoms with Crippen LogP contribution in [0.15, 0.2) is 0 Å². The molecule has 0 aromatic rings. The van der Waals surface area contributed by atoms with Crippen molar-refractivity contribution in [2.45, 2.75) is 80.2 Å². The molecular formula is C24H41N3O6. The number of nitrogens with one attached hydrogen (secondary N) is 3. The van der Waals surface area contributed by atoms with Crippen molar-refractivity contribution < 1.29 is 28.7 Å². The number of carbonyl (C=O) groups excluding carboxylic acids is 5. The van der Waals surface area contributed by atoms with Crippen LogP contribution in [0.25, 0.3) is 0 Å². The zero-order valence-electron chi connectivity index (χ0n) is 21.1. The van der Waals surface area contributed by atoms with Gasteiger partial charge in [0.05, 0.1) is 25.0 Å². The van der Waals surface area contributed by atoms with E-state index in [-0.39, 0.29) is 42.5 Å². The normalized spacial score (nSPS) is 19.4. The minimum absolute atomic E-state index is 0.0765. The van der Waals surface area contributed by atoms with Crippen LogP contribution in [0, 0.1) is 29.1 Å². The highest BCUT2D eigenvalue weighted by molar-refractivity contribution is 6.37. The van der Waals surface area contributed by atoms with Crippen molar-refractivity contribution in [3.8, 4) is 0 Å². The standard InChI is InChI=1S/C24H41N3O6/c1-14(2)17(12-19(29)33-13-24(5,6)7)22(31)26-20(15(3)4)18(28)11-16-9-8-10-25-27-23(32)21(16)30/h14-17,20,25H,8-13H2,1-7H3,(H,26,31)(H,27,32). The molecule has 1 aliphatic rings. The molecule has 0 saturated carbocycles. The molecule has 9 nitrogen and oxygen atoms in total. The van der Waals surface area contributed by atoms with E-state index in [9.17, 15) is 24.0 Å². The Labute approximate surface area is 197 Å². The van der Waals surface area contributed by atoms with Gasteiger partial charge in [-0.3, -0.25) is 29.4 Å². The summed E-state index contributed by atoms with van der Waals surface area (Å²) in [6, 6.07) is -0.816. The first-order valence-electron chi connectivity index (χ1n) is 11.8. The molecule has 0 bridgehead atoms. The second kappa shape index (κ2) is 12.8. The van der Waals surface area contributed by atoms with Gasteiger partial charge in [-0.25, -0.2) is 5.43 Å². The van der Waals surface area contributed by atoms with E-state index < -0.39 is 41.4 Å². The number of ether oxygens (including phenoxy) is 1. The van der Waals surface area contributed by atoms with Gasteiger partial charge in [0.15, 0.2) is 5.78 Å². The fourth-order valence-corrected chi connectivity index (χ4v) is 3.57. The molecule has 1 saturated heterocycles. The number of rotatable bonds is 10. The predicted molar refractivity (Wildman–Crippen MR) is 124 cm³/mol. The minimum Gasteiger partial charge on any atom is -0.465 e. The third-order valence-corrected chi connectivity index (χ3v) is 5.60. The summed E-state index contributed by atoms with van der Waals surface area (Å²) in [5.74, 6) is -4.26. The predicted octanol–water partition coefficient (Wildman–Crippen LogP) is 1.94. The van der Waals surface area contributed by atoms with Gasteiger partial charge in [0.25, 0.3) is 0 Å².